The van der Waals surface area contributed by atoms with E-state index in [1.54, 1.807) is 29.9 Å². The third-order valence-corrected chi connectivity index (χ3v) is 3.29. The lowest BCUT2D eigenvalue weighted by molar-refractivity contribution is 0.0699. The number of rotatable bonds is 2. The summed E-state index contributed by atoms with van der Waals surface area (Å²) in [6, 6.07) is 8.68. The van der Waals surface area contributed by atoms with Gasteiger partial charge in [-0.2, -0.15) is 5.10 Å². The van der Waals surface area contributed by atoms with E-state index in [1.165, 1.54) is 12.3 Å². The minimum atomic E-state index is -1.01. The molecule has 0 aliphatic carbocycles. The van der Waals surface area contributed by atoms with Gasteiger partial charge in [-0.3, -0.25) is 4.68 Å². The first-order valence-electron chi connectivity index (χ1n) is 5.88. The van der Waals surface area contributed by atoms with Crippen molar-refractivity contribution < 1.29 is 9.90 Å². The Labute approximate surface area is 119 Å². The molecule has 0 aliphatic heterocycles. The molecule has 2 aromatic heterocycles. The van der Waals surface area contributed by atoms with Gasteiger partial charge in [0.25, 0.3) is 0 Å². The number of benzene rings is 1. The topological polar surface area (TPSA) is 68.0 Å². The Bertz CT molecular complexity index is 826. The minimum absolute atomic E-state index is 0.179. The van der Waals surface area contributed by atoms with Crippen molar-refractivity contribution in [3.8, 4) is 11.3 Å². The lowest BCUT2D eigenvalue weighted by Crippen LogP contribution is -2.01. The maximum absolute atomic E-state index is 11.4. The molecule has 20 heavy (non-hydrogen) atoms. The molecule has 5 nitrogen and oxygen atoms in total. The molecule has 0 amide bonds. The van der Waals surface area contributed by atoms with Crippen LogP contribution in [0.5, 0.6) is 0 Å². The van der Waals surface area contributed by atoms with Crippen LogP contribution >= 0.6 is 11.6 Å². The summed E-state index contributed by atoms with van der Waals surface area (Å²) in [5.41, 5.74) is 2.03. The number of aryl methyl sites for hydroxylation is 1. The molecule has 100 valence electrons. The van der Waals surface area contributed by atoms with E-state index in [-0.39, 0.29) is 5.56 Å². The smallest absolute Gasteiger partial charge is 0.336 e. The zero-order valence-electron chi connectivity index (χ0n) is 10.5. The van der Waals surface area contributed by atoms with Crippen molar-refractivity contribution in [2.24, 2.45) is 7.05 Å². The van der Waals surface area contributed by atoms with Crippen LogP contribution in [0.4, 0.5) is 0 Å². The van der Waals surface area contributed by atoms with E-state index in [1.807, 2.05) is 6.07 Å². The van der Waals surface area contributed by atoms with Crippen LogP contribution < -0.4 is 0 Å². The Hall–Kier alpha value is -2.40. The summed E-state index contributed by atoms with van der Waals surface area (Å²) in [5.74, 6) is -1.01. The minimum Gasteiger partial charge on any atom is -0.478 e. The zero-order chi connectivity index (χ0) is 14.3. The molecule has 0 bridgehead atoms. The van der Waals surface area contributed by atoms with Crippen molar-refractivity contribution in [2.75, 3.05) is 0 Å². The van der Waals surface area contributed by atoms with Crippen molar-refractivity contribution in [3.63, 3.8) is 0 Å². The highest BCUT2D eigenvalue weighted by Gasteiger charge is 2.15. The van der Waals surface area contributed by atoms with Gasteiger partial charge in [-0.15, -0.1) is 0 Å². The molecular weight excluding hydrogens is 278 g/mol. The van der Waals surface area contributed by atoms with Gasteiger partial charge in [0.2, 0.25) is 0 Å². The van der Waals surface area contributed by atoms with Crippen LogP contribution in [0.25, 0.3) is 22.3 Å². The molecule has 1 N–H and O–H groups in total. The first-order valence-corrected chi connectivity index (χ1v) is 6.26. The highest BCUT2D eigenvalue weighted by molar-refractivity contribution is 6.30. The van der Waals surface area contributed by atoms with Crippen LogP contribution in [-0.2, 0) is 7.05 Å². The number of carboxylic acid groups (broad SMARTS) is 1. The van der Waals surface area contributed by atoms with E-state index < -0.39 is 5.97 Å². The largest absolute Gasteiger partial charge is 0.478 e. The van der Waals surface area contributed by atoms with Gasteiger partial charge in [-0.25, -0.2) is 9.78 Å². The van der Waals surface area contributed by atoms with Gasteiger partial charge in [0, 0.05) is 17.6 Å². The molecule has 0 fully saturated rings. The van der Waals surface area contributed by atoms with Crippen molar-refractivity contribution in [2.45, 2.75) is 0 Å². The number of carboxylic acids is 1. The molecule has 3 aromatic rings. The fourth-order valence-corrected chi connectivity index (χ4v) is 2.28. The average molecular weight is 288 g/mol. The second kappa shape index (κ2) is 4.61. The van der Waals surface area contributed by atoms with Gasteiger partial charge in [-0.05, 0) is 18.2 Å². The van der Waals surface area contributed by atoms with Crippen LogP contribution in [0, 0.1) is 0 Å². The lowest BCUT2D eigenvalue weighted by Gasteiger charge is -2.05. The Morgan fingerprint density at radius 1 is 1.35 bits per heavy atom. The van der Waals surface area contributed by atoms with Crippen molar-refractivity contribution in [1.29, 1.82) is 0 Å². The van der Waals surface area contributed by atoms with Crippen LogP contribution in [0.3, 0.4) is 0 Å². The van der Waals surface area contributed by atoms with Gasteiger partial charge in [-0.1, -0.05) is 23.7 Å². The van der Waals surface area contributed by atoms with Gasteiger partial charge in [0.15, 0.2) is 5.65 Å². The van der Waals surface area contributed by atoms with Gasteiger partial charge < -0.3 is 5.11 Å². The number of aromatic carboxylic acids is 1. The van der Waals surface area contributed by atoms with E-state index in [2.05, 4.69) is 10.1 Å². The Kier molecular flexibility index (Phi) is 2.91. The number of hydrogen-bond donors (Lipinski definition) is 1. The average Bonchev–Trinajstić information content (AvgIpc) is 2.79. The molecule has 0 spiro atoms. The van der Waals surface area contributed by atoms with Crippen LogP contribution in [0.2, 0.25) is 5.02 Å². The van der Waals surface area contributed by atoms with Crippen molar-refractivity contribution in [1.82, 2.24) is 14.8 Å². The highest BCUT2D eigenvalue weighted by Crippen LogP contribution is 2.26. The number of pyridine rings is 1. The summed E-state index contributed by atoms with van der Waals surface area (Å²) in [5, 5.41) is 14.5. The first-order chi connectivity index (χ1) is 9.56. The fraction of sp³-hybridized carbons (Fsp3) is 0.0714. The predicted octanol–water partition coefficient (Wildman–Crippen LogP) is 2.99. The SMILES string of the molecule is Cn1ncc2c(C(=O)O)cc(-c3cccc(Cl)c3)nc21. The van der Waals surface area contributed by atoms with E-state index >= 15 is 0 Å². The summed E-state index contributed by atoms with van der Waals surface area (Å²) in [6.07, 6.45) is 1.51. The maximum Gasteiger partial charge on any atom is 0.336 e. The summed E-state index contributed by atoms with van der Waals surface area (Å²) in [4.78, 5) is 15.9. The number of nitrogens with zero attached hydrogens (tertiary/aromatic N) is 3. The third kappa shape index (κ3) is 2.02. The third-order valence-electron chi connectivity index (χ3n) is 3.06. The molecule has 1 aromatic carbocycles. The second-order valence-corrected chi connectivity index (χ2v) is 4.81. The van der Waals surface area contributed by atoms with Gasteiger partial charge in [0.1, 0.15) is 0 Å². The molecule has 2 heterocycles. The number of hydrogen-bond acceptors (Lipinski definition) is 3. The van der Waals surface area contributed by atoms with Gasteiger partial charge >= 0.3 is 5.97 Å². The molecule has 0 saturated heterocycles. The monoisotopic (exact) mass is 287 g/mol. The quantitative estimate of drug-likeness (QED) is 0.787. The fourth-order valence-electron chi connectivity index (χ4n) is 2.09. The molecule has 3 rings (SSSR count). The van der Waals surface area contributed by atoms with E-state index in [0.29, 0.717) is 21.7 Å². The van der Waals surface area contributed by atoms with Crippen molar-refractivity contribution >= 4 is 28.6 Å². The first kappa shape index (κ1) is 12.6. The lowest BCUT2D eigenvalue weighted by atomic mass is 10.1. The number of carbonyl (C=O) groups is 1. The number of fused-ring (bicyclic) bond motifs is 1. The zero-order valence-corrected chi connectivity index (χ0v) is 11.3. The summed E-state index contributed by atoms with van der Waals surface area (Å²) in [6.45, 7) is 0. The van der Waals surface area contributed by atoms with E-state index in [9.17, 15) is 9.90 Å². The standard InChI is InChI=1S/C14H10ClN3O2/c1-18-13-11(7-16-18)10(14(19)20)6-12(17-13)8-3-2-4-9(15)5-8/h2-7H,1H3,(H,19,20). The Morgan fingerprint density at radius 2 is 2.15 bits per heavy atom. The van der Waals surface area contributed by atoms with Crippen LogP contribution in [0.1, 0.15) is 10.4 Å². The number of aromatic nitrogens is 3. The summed E-state index contributed by atoms with van der Waals surface area (Å²) < 4.78 is 1.55. The molecular formula is C14H10ClN3O2. The highest BCUT2D eigenvalue weighted by atomic mass is 35.5. The van der Waals surface area contributed by atoms with Gasteiger partial charge in [0.05, 0.1) is 22.8 Å². The summed E-state index contributed by atoms with van der Waals surface area (Å²) >= 11 is 5.96. The summed E-state index contributed by atoms with van der Waals surface area (Å²) in [7, 11) is 1.72. The Balaban J connectivity index is 2.31. The van der Waals surface area contributed by atoms with Crippen molar-refractivity contribution in [3.05, 3.63) is 47.1 Å². The number of halogens is 1. The second-order valence-electron chi connectivity index (χ2n) is 4.38. The molecule has 0 saturated carbocycles. The molecule has 6 heteroatoms. The van der Waals surface area contributed by atoms with E-state index in [4.69, 9.17) is 11.6 Å². The van der Waals surface area contributed by atoms with Crippen LogP contribution in [-0.4, -0.2) is 25.8 Å². The maximum atomic E-state index is 11.4. The Morgan fingerprint density at radius 3 is 2.85 bits per heavy atom. The predicted molar refractivity (Wildman–Crippen MR) is 75.9 cm³/mol. The van der Waals surface area contributed by atoms with Crippen LogP contribution in [0.15, 0.2) is 36.5 Å². The molecule has 0 radical (unpaired) electrons. The molecule has 0 unspecified atom stereocenters. The molecule has 0 atom stereocenters. The molecule has 0 aliphatic rings. The van der Waals surface area contributed by atoms with E-state index in [0.717, 1.165) is 5.56 Å². The normalized spacial score (nSPS) is 10.9.